The number of hydrogen-bond donors (Lipinski definition) is 2. The lowest BCUT2D eigenvalue weighted by Crippen LogP contribution is -2.07. The number of nitrogens with two attached hydrogens (primary N) is 2. The molecule has 0 aromatic heterocycles. The molecule has 5 nitrogen and oxygen atoms in total. The predicted molar refractivity (Wildman–Crippen MR) is 51.3 cm³/mol. The molecular formula is C9H9N3O2. The highest BCUT2D eigenvalue weighted by Crippen LogP contribution is 2.21. The van der Waals surface area contributed by atoms with Gasteiger partial charge in [0.1, 0.15) is 6.07 Å². The van der Waals surface area contributed by atoms with Crippen LogP contribution in [0.2, 0.25) is 0 Å². The van der Waals surface area contributed by atoms with Crippen LogP contribution in [0.1, 0.15) is 15.9 Å². The maximum absolute atomic E-state index is 11.2. The molecule has 0 heterocycles. The van der Waals surface area contributed by atoms with E-state index in [1.54, 1.807) is 0 Å². The molecule has 5 heteroatoms. The number of esters is 1. The Hall–Kier alpha value is -2.22. The van der Waals surface area contributed by atoms with Crippen LogP contribution in [0.25, 0.3) is 0 Å². The molecule has 0 spiro atoms. The van der Waals surface area contributed by atoms with Crippen molar-refractivity contribution in [3.8, 4) is 6.07 Å². The van der Waals surface area contributed by atoms with Crippen LogP contribution in [-0.4, -0.2) is 13.1 Å². The number of anilines is 2. The summed E-state index contributed by atoms with van der Waals surface area (Å²) >= 11 is 0. The Morgan fingerprint density at radius 3 is 2.64 bits per heavy atom. The summed E-state index contributed by atoms with van der Waals surface area (Å²) in [6, 6.07) is 4.61. The molecule has 0 aliphatic heterocycles. The molecule has 0 radical (unpaired) electrons. The van der Waals surface area contributed by atoms with Gasteiger partial charge < -0.3 is 16.2 Å². The standard InChI is InChI=1S/C9H9N3O2/c1-14-9(13)6-2-5(11)3-8(12)7(6)4-10/h2-3H,11-12H2,1H3. The normalized spacial score (nSPS) is 9.14. The zero-order valence-electron chi connectivity index (χ0n) is 7.57. The van der Waals surface area contributed by atoms with E-state index < -0.39 is 5.97 Å². The van der Waals surface area contributed by atoms with Crippen molar-refractivity contribution in [2.75, 3.05) is 18.6 Å². The predicted octanol–water partition coefficient (Wildman–Crippen LogP) is 0.509. The Bertz CT molecular complexity index is 421. The summed E-state index contributed by atoms with van der Waals surface area (Å²) in [4.78, 5) is 11.2. The molecular weight excluding hydrogens is 182 g/mol. The lowest BCUT2D eigenvalue weighted by Gasteiger charge is -2.05. The molecule has 72 valence electrons. The van der Waals surface area contributed by atoms with Crippen LogP contribution >= 0.6 is 0 Å². The summed E-state index contributed by atoms with van der Waals surface area (Å²) in [6.07, 6.45) is 0. The first-order valence-electron chi connectivity index (χ1n) is 3.77. The molecule has 1 aromatic carbocycles. The summed E-state index contributed by atoms with van der Waals surface area (Å²) < 4.78 is 4.49. The fourth-order valence-corrected chi connectivity index (χ4v) is 1.08. The molecule has 1 rings (SSSR count). The van der Waals surface area contributed by atoms with E-state index in [4.69, 9.17) is 16.7 Å². The van der Waals surface area contributed by atoms with Gasteiger partial charge in [-0.1, -0.05) is 0 Å². The van der Waals surface area contributed by atoms with E-state index in [-0.39, 0.29) is 16.8 Å². The van der Waals surface area contributed by atoms with Crippen molar-refractivity contribution in [2.45, 2.75) is 0 Å². The number of methoxy groups -OCH3 is 1. The topological polar surface area (TPSA) is 102 Å². The molecule has 0 saturated carbocycles. The Balaban J connectivity index is 3.41. The number of ether oxygens (including phenoxy) is 1. The van der Waals surface area contributed by atoms with Gasteiger partial charge in [0.05, 0.1) is 23.9 Å². The van der Waals surface area contributed by atoms with Crippen LogP contribution in [0.3, 0.4) is 0 Å². The third kappa shape index (κ3) is 1.59. The molecule has 0 bridgehead atoms. The quantitative estimate of drug-likeness (QED) is 0.497. The highest BCUT2D eigenvalue weighted by atomic mass is 16.5. The van der Waals surface area contributed by atoms with E-state index in [0.717, 1.165) is 0 Å². The van der Waals surface area contributed by atoms with Crippen LogP contribution in [0.4, 0.5) is 11.4 Å². The van der Waals surface area contributed by atoms with Gasteiger partial charge in [-0.15, -0.1) is 0 Å². The highest BCUT2D eigenvalue weighted by molar-refractivity contribution is 5.95. The van der Waals surface area contributed by atoms with Crippen molar-refractivity contribution < 1.29 is 9.53 Å². The van der Waals surface area contributed by atoms with Gasteiger partial charge in [-0.25, -0.2) is 4.79 Å². The Morgan fingerprint density at radius 2 is 2.14 bits per heavy atom. The first kappa shape index (κ1) is 9.86. The van der Waals surface area contributed by atoms with Crippen molar-refractivity contribution in [2.24, 2.45) is 0 Å². The van der Waals surface area contributed by atoms with Gasteiger partial charge in [0.2, 0.25) is 0 Å². The van der Waals surface area contributed by atoms with Gasteiger partial charge in [-0.3, -0.25) is 0 Å². The minimum atomic E-state index is -0.624. The van der Waals surface area contributed by atoms with Crippen LogP contribution in [0, 0.1) is 11.3 Å². The largest absolute Gasteiger partial charge is 0.465 e. The maximum Gasteiger partial charge on any atom is 0.339 e. The average Bonchev–Trinajstić information content (AvgIpc) is 2.15. The maximum atomic E-state index is 11.2. The Morgan fingerprint density at radius 1 is 1.50 bits per heavy atom. The summed E-state index contributed by atoms with van der Waals surface area (Å²) in [5.74, 6) is -0.624. The monoisotopic (exact) mass is 191 g/mol. The van der Waals surface area contributed by atoms with E-state index in [1.807, 2.05) is 6.07 Å². The van der Waals surface area contributed by atoms with E-state index >= 15 is 0 Å². The molecule has 1 aromatic rings. The number of nitrogens with zero attached hydrogens (tertiary/aromatic N) is 1. The number of benzene rings is 1. The Kier molecular flexibility index (Phi) is 2.58. The molecule has 0 saturated heterocycles. The van der Waals surface area contributed by atoms with E-state index in [0.29, 0.717) is 5.69 Å². The average molecular weight is 191 g/mol. The number of nitriles is 1. The first-order chi connectivity index (χ1) is 6.60. The van der Waals surface area contributed by atoms with Crippen molar-refractivity contribution >= 4 is 17.3 Å². The van der Waals surface area contributed by atoms with Gasteiger partial charge in [-0.05, 0) is 12.1 Å². The number of rotatable bonds is 1. The lowest BCUT2D eigenvalue weighted by molar-refractivity contribution is 0.0600. The summed E-state index contributed by atoms with van der Waals surface area (Å²) in [5, 5.41) is 8.76. The number of carbonyl (C=O) groups excluding carboxylic acids is 1. The zero-order valence-corrected chi connectivity index (χ0v) is 7.57. The van der Waals surface area contributed by atoms with Gasteiger partial charge in [0.15, 0.2) is 0 Å². The fraction of sp³-hybridized carbons (Fsp3) is 0.111. The second kappa shape index (κ2) is 3.66. The molecule has 0 amide bonds. The van der Waals surface area contributed by atoms with Crippen LogP contribution in [-0.2, 0) is 4.74 Å². The molecule has 0 aliphatic carbocycles. The first-order valence-corrected chi connectivity index (χ1v) is 3.77. The summed E-state index contributed by atoms with van der Waals surface area (Å²) in [7, 11) is 1.23. The second-order valence-electron chi connectivity index (χ2n) is 2.64. The van der Waals surface area contributed by atoms with E-state index in [1.165, 1.54) is 19.2 Å². The molecule has 0 atom stereocenters. The molecule has 14 heavy (non-hydrogen) atoms. The van der Waals surface area contributed by atoms with Crippen molar-refractivity contribution in [1.29, 1.82) is 5.26 Å². The van der Waals surface area contributed by atoms with Gasteiger partial charge in [0.25, 0.3) is 0 Å². The van der Waals surface area contributed by atoms with Crippen molar-refractivity contribution in [3.63, 3.8) is 0 Å². The van der Waals surface area contributed by atoms with Gasteiger partial charge in [-0.2, -0.15) is 5.26 Å². The number of carbonyl (C=O) groups is 1. The second-order valence-corrected chi connectivity index (χ2v) is 2.64. The van der Waals surface area contributed by atoms with E-state index in [2.05, 4.69) is 4.74 Å². The summed E-state index contributed by atoms with van der Waals surface area (Å²) in [6.45, 7) is 0. The minimum absolute atomic E-state index is 0.0889. The SMILES string of the molecule is COC(=O)c1cc(N)cc(N)c1C#N. The van der Waals surface area contributed by atoms with Crippen molar-refractivity contribution in [1.82, 2.24) is 0 Å². The number of hydrogen-bond acceptors (Lipinski definition) is 5. The van der Waals surface area contributed by atoms with Gasteiger partial charge in [0, 0.05) is 5.69 Å². The van der Waals surface area contributed by atoms with Gasteiger partial charge >= 0.3 is 5.97 Å². The lowest BCUT2D eigenvalue weighted by atomic mass is 10.1. The van der Waals surface area contributed by atoms with Crippen molar-refractivity contribution in [3.05, 3.63) is 23.3 Å². The molecule has 0 aliphatic rings. The fourth-order valence-electron chi connectivity index (χ4n) is 1.08. The smallest absolute Gasteiger partial charge is 0.339 e. The van der Waals surface area contributed by atoms with Crippen LogP contribution < -0.4 is 11.5 Å². The highest BCUT2D eigenvalue weighted by Gasteiger charge is 2.14. The summed E-state index contributed by atoms with van der Waals surface area (Å²) in [5.41, 5.74) is 11.7. The minimum Gasteiger partial charge on any atom is -0.465 e. The Labute approximate surface area is 80.9 Å². The molecule has 4 N–H and O–H groups in total. The third-order valence-corrected chi connectivity index (χ3v) is 1.71. The number of nitrogen functional groups attached to an aromatic ring is 2. The molecule has 0 unspecified atom stereocenters. The van der Waals surface area contributed by atoms with Crippen LogP contribution in [0.15, 0.2) is 12.1 Å². The zero-order chi connectivity index (χ0) is 10.7. The third-order valence-electron chi connectivity index (χ3n) is 1.71. The van der Waals surface area contributed by atoms with E-state index in [9.17, 15) is 4.79 Å². The molecule has 0 fully saturated rings. The van der Waals surface area contributed by atoms with Crippen LogP contribution in [0.5, 0.6) is 0 Å².